The molecule has 15 heavy (non-hydrogen) atoms. The molecule has 90 valence electrons. The van der Waals surface area contributed by atoms with Crippen molar-refractivity contribution in [1.82, 2.24) is 0 Å². The summed E-state index contributed by atoms with van der Waals surface area (Å²) in [6.07, 6.45) is 14.9. The molecule has 1 N–H and O–H groups in total. The van der Waals surface area contributed by atoms with Crippen LogP contribution in [0.1, 0.15) is 71.6 Å². The highest BCUT2D eigenvalue weighted by Crippen LogP contribution is 2.10. The van der Waals surface area contributed by atoms with Gasteiger partial charge in [-0.15, -0.1) is 0 Å². The first kappa shape index (κ1) is 14.7. The molecular weight excluding hydrogens is 184 g/mol. The minimum absolute atomic E-state index is 0.0452. The predicted octanol–water partition coefficient (Wildman–Crippen LogP) is 4.45. The van der Waals surface area contributed by atoms with Gasteiger partial charge in [0.2, 0.25) is 0 Å². The van der Waals surface area contributed by atoms with E-state index in [0.717, 1.165) is 19.3 Å². The Balaban J connectivity index is 3.12. The smallest absolute Gasteiger partial charge is 0.0540 e. The molecule has 1 unspecified atom stereocenters. The van der Waals surface area contributed by atoms with Gasteiger partial charge in [0.25, 0.3) is 0 Å². The first-order valence-corrected chi connectivity index (χ1v) is 6.64. The quantitative estimate of drug-likeness (QED) is 0.419. The molecule has 0 aliphatic rings. The Morgan fingerprint density at radius 1 is 0.933 bits per heavy atom. The Bertz CT molecular complexity index is 140. The zero-order chi connectivity index (χ0) is 11.4. The Morgan fingerprint density at radius 3 is 2.33 bits per heavy atom. The second kappa shape index (κ2) is 11.8. The zero-order valence-corrected chi connectivity index (χ0v) is 10.5. The normalized spacial score (nSPS) is 13.5. The molecule has 0 rings (SSSR count). The van der Waals surface area contributed by atoms with Gasteiger partial charge in [-0.2, -0.15) is 0 Å². The molecule has 0 saturated heterocycles. The molecule has 0 amide bonds. The van der Waals surface area contributed by atoms with Crippen LogP contribution in [0.3, 0.4) is 0 Å². The molecule has 0 aliphatic carbocycles. The van der Waals surface area contributed by atoms with Gasteiger partial charge in [-0.1, -0.05) is 51.7 Å². The van der Waals surface area contributed by atoms with Crippen molar-refractivity contribution in [3.63, 3.8) is 0 Å². The Labute approximate surface area is 95.6 Å². The SMILES string of the molecule is CCC=CCCCCCC(O)CCCC. The van der Waals surface area contributed by atoms with Crippen LogP contribution in [0.25, 0.3) is 0 Å². The fourth-order valence-corrected chi connectivity index (χ4v) is 1.69. The summed E-state index contributed by atoms with van der Waals surface area (Å²) in [5.74, 6) is 0. The van der Waals surface area contributed by atoms with E-state index in [1.54, 1.807) is 0 Å². The number of hydrogen-bond acceptors (Lipinski definition) is 1. The zero-order valence-electron chi connectivity index (χ0n) is 10.5. The monoisotopic (exact) mass is 212 g/mol. The van der Waals surface area contributed by atoms with Crippen LogP contribution in [0, 0.1) is 0 Å². The van der Waals surface area contributed by atoms with Crippen molar-refractivity contribution >= 4 is 0 Å². The van der Waals surface area contributed by atoms with E-state index < -0.39 is 0 Å². The minimum atomic E-state index is -0.0452. The fraction of sp³-hybridized carbons (Fsp3) is 0.857. The number of allylic oxidation sites excluding steroid dienone is 2. The van der Waals surface area contributed by atoms with Crippen LogP contribution in [0.4, 0.5) is 0 Å². The summed E-state index contributed by atoms with van der Waals surface area (Å²) >= 11 is 0. The molecule has 0 fully saturated rings. The van der Waals surface area contributed by atoms with Crippen molar-refractivity contribution in [3.05, 3.63) is 12.2 Å². The Kier molecular flexibility index (Phi) is 11.5. The largest absolute Gasteiger partial charge is 0.393 e. The van der Waals surface area contributed by atoms with E-state index in [-0.39, 0.29) is 6.10 Å². The molecule has 0 aromatic heterocycles. The van der Waals surface area contributed by atoms with Gasteiger partial charge in [0.05, 0.1) is 6.10 Å². The molecule has 0 aromatic carbocycles. The van der Waals surface area contributed by atoms with Gasteiger partial charge in [0, 0.05) is 0 Å². The molecule has 0 bridgehead atoms. The van der Waals surface area contributed by atoms with Crippen molar-refractivity contribution in [3.8, 4) is 0 Å². The lowest BCUT2D eigenvalue weighted by Crippen LogP contribution is -2.05. The van der Waals surface area contributed by atoms with E-state index in [9.17, 15) is 5.11 Å². The van der Waals surface area contributed by atoms with Crippen LogP contribution >= 0.6 is 0 Å². The number of unbranched alkanes of at least 4 members (excludes halogenated alkanes) is 4. The van der Waals surface area contributed by atoms with E-state index in [0.29, 0.717) is 0 Å². The summed E-state index contributed by atoms with van der Waals surface area (Å²) in [5, 5.41) is 9.61. The van der Waals surface area contributed by atoms with Crippen LogP contribution in [0.5, 0.6) is 0 Å². The van der Waals surface area contributed by atoms with Crippen LogP contribution in [-0.2, 0) is 0 Å². The third-order valence-electron chi connectivity index (χ3n) is 2.70. The third-order valence-corrected chi connectivity index (χ3v) is 2.70. The summed E-state index contributed by atoms with van der Waals surface area (Å²) in [4.78, 5) is 0. The fourth-order valence-electron chi connectivity index (χ4n) is 1.69. The van der Waals surface area contributed by atoms with Gasteiger partial charge in [0.15, 0.2) is 0 Å². The molecule has 0 saturated carbocycles. The number of rotatable bonds is 10. The number of aliphatic hydroxyl groups is 1. The van der Waals surface area contributed by atoms with Crippen molar-refractivity contribution < 1.29 is 5.11 Å². The topological polar surface area (TPSA) is 20.2 Å². The molecule has 0 heterocycles. The van der Waals surface area contributed by atoms with Crippen molar-refractivity contribution in [2.24, 2.45) is 0 Å². The molecule has 0 aliphatic heterocycles. The molecule has 0 spiro atoms. The highest BCUT2D eigenvalue weighted by molar-refractivity contribution is 4.79. The molecule has 1 heteroatoms. The average molecular weight is 212 g/mol. The summed E-state index contributed by atoms with van der Waals surface area (Å²) in [6.45, 7) is 4.34. The molecule has 0 aromatic rings. The maximum Gasteiger partial charge on any atom is 0.0540 e. The summed E-state index contributed by atoms with van der Waals surface area (Å²) in [6, 6.07) is 0. The highest BCUT2D eigenvalue weighted by Gasteiger charge is 2.01. The van der Waals surface area contributed by atoms with E-state index in [4.69, 9.17) is 0 Å². The van der Waals surface area contributed by atoms with Crippen molar-refractivity contribution in [1.29, 1.82) is 0 Å². The maximum absolute atomic E-state index is 9.61. The van der Waals surface area contributed by atoms with Crippen molar-refractivity contribution in [2.75, 3.05) is 0 Å². The average Bonchev–Trinajstić information content (AvgIpc) is 2.25. The lowest BCUT2D eigenvalue weighted by Gasteiger charge is -2.08. The first-order valence-electron chi connectivity index (χ1n) is 6.64. The van der Waals surface area contributed by atoms with Gasteiger partial charge >= 0.3 is 0 Å². The van der Waals surface area contributed by atoms with Crippen molar-refractivity contribution in [2.45, 2.75) is 77.7 Å². The second-order valence-electron chi connectivity index (χ2n) is 4.31. The molecular formula is C14H28O. The molecule has 0 radical (unpaired) electrons. The van der Waals surface area contributed by atoms with E-state index in [1.807, 2.05) is 0 Å². The van der Waals surface area contributed by atoms with Gasteiger partial charge < -0.3 is 5.11 Å². The van der Waals surface area contributed by atoms with Gasteiger partial charge in [0.1, 0.15) is 0 Å². The Hall–Kier alpha value is -0.300. The van der Waals surface area contributed by atoms with Crippen LogP contribution in [-0.4, -0.2) is 11.2 Å². The summed E-state index contributed by atoms with van der Waals surface area (Å²) in [7, 11) is 0. The highest BCUT2D eigenvalue weighted by atomic mass is 16.3. The maximum atomic E-state index is 9.61. The van der Waals surface area contributed by atoms with Crippen LogP contribution < -0.4 is 0 Å². The first-order chi connectivity index (χ1) is 7.31. The lowest BCUT2D eigenvalue weighted by molar-refractivity contribution is 0.148. The van der Waals surface area contributed by atoms with Gasteiger partial charge in [-0.3, -0.25) is 0 Å². The Morgan fingerprint density at radius 2 is 1.67 bits per heavy atom. The van der Waals surface area contributed by atoms with E-state index >= 15 is 0 Å². The second-order valence-corrected chi connectivity index (χ2v) is 4.31. The lowest BCUT2D eigenvalue weighted by atomic mass is 10.0. The molecule has 1 nitrogen and oxygen atoms in total. The van der Waals surface area contributed by atoms with Crippen LogP contribution in [0.2, 0.25) is 0 Å². The minimum Gasteiger partial charge on any atom is -0.393 e. The number of aliphatic hydroxyl groups excluding tert-OH is 1. The molecule has 1 atom stereocenters. The van der Waals surface area contributed by atoms with Crippen LogP contribution in [0.15, 0.2) is 12.2 Å². The van der Waals surface area contributed by atoms with Gasteiger partial charge in [-0.05, 0) is 32.1 Å². The summed E-state index contributed by atoms with van der Waals surface area (Å²) < 4.78 is 0. The predicted molar refractivity (Wildman–Crippen MR) is 68.0 cm³/mol. The van der Waals surface area contributed by atoms with Gasteiger partial charge in [-0.25, -0.2) is 0 Å². The van der Waals surface area contributed by atoms with E-state index in [1.165, 1.54) is 38.5 Å². The summed E-state index contributed by atoms with van der Waals surface area (Å²) in [5.41, 5.74) is 0. The number of hydrogen-bond donors (Lipinski definition) is 1. The standard InChI is InChI=1S/C14H28O/c1-3-5-7-8-9-10-11-13-14(15)12-6-4-2/h5,7,14-15H,3-4,6,8-13H2,1-2H3. The third kappa shape index (κ3) is 11.6. The van der Waals surface area contributed by atoms with E-state index in [2.05, 4.69) is 26.0 Å².